The first-order valence-corrected chi connectivity index (χ1v) is 7.68. The van der Waals surface area contributed by atoms with Crippen LogP contribution < -0.4 is 10.6 Å². The van der Waals surface area contributed by atoms with Crippen LogP contribution in [0.25, 0.3) is 16.3 Å². The highest BCUT2D eigenvalue weighted by molar-refractivity contribution is 7.19. The lowest BCUT2D eigenvalue weighted by Crippen LogP contribution is -2.41. The number of amides is 3. The van der Waals surface area contributed by atoms with Gasteiger partial charge >= 0.3 is 12.0 Å². The van der Waals surface area contributed by atoms with Gasteiger partial charge in [0.2, 0.25) is 0 Å². The Bertz CT molecular complexity index is 721. The van der Waals surface area contributed by atoms with Crippen molar-refractivity contribution in [3.63, 3.8) is 0 Å². The highest BCUT2D eigenvalue weighted by atomic mass is 32.1. The zero-order chi connectivity index (χ0) is 16.7. The summed E-state index contributed by atoms with van der Waals surface area (Å²) >= 11 is 1.44. The number of esters is 1. The molecule has 0 unspecified atom stereocenters. The normalized spacial score (nSPS) is 10.7. The zero-order valence-electron chi connectivity index (χ0n) is 12.4. The first kappa shape index (κ1) is 16.6. The molecule has 23 heavy (non-hydrogen) atoms. The van der Waals surface area contributed by atoms with Crippen LogP contribution in [0.3, 0.4) is 0 Å². The number of carbonyl (C=O) groups excluding carboxylic acids is 3. The standard InChI is InChI=1S/C15H15N3O4S/c1-2-16-15(21)18-12(19)9-22-14(20)8-7-13-17-10-5-3-4-6-11(10)23-13/h3-8H,2,9H2,1H3,(H2,16,18,19,21)/b8-7+. The number of para-hydroxylation sites is 1. The summed E-state index contributed by atoms with van der Waals surface area (Å²) in [6, 6.07) is 6.99. The van der Waals surface area contributed by atoms with E-state index in [0.717, 1.165) is 10.2 Å². The van der Waals surface area contributed by atoms with E-state index in [1.807, 2.05) is 29.6 Å². The number of thiazole rings is 1. The second-order valence-electron chi connectivity index (χ2n) is 4.37. The van der Waals surface area contributed by atoms with Crippen molar-refractivity contribution in [2.45, 2.75) is 6.92 Å². The Kier molecular flexibility index (Phi) is 5.81. The molecule has 3 amide bonds. The summed E-state index contributed by atoms with van der Waals surface area (Å²) in [7, 11) is 0. The third-order valence-electron chi connectivity index (χ3n) is 2.61. The predicted molar refractivity (Wildman–Crippen MR) is 86.8 cm³/mol. The molecule has 1 heterocycles. The Balaban J connectivity index is 1.82. The molecule has 0 atom stereocenters. The molecule has 2 N–H and O–H groups in total. The monoisotopic (exact) mass is 333 g/mol. The van der Waals surface area contributed by atoms with Crippen molar-refractivity contribution in [3.8, 4) is 0 Å². The van der Waals surface area contributed by atoms with Crippen LogP contribution in [0, 0.1) is 0 Å². The summed E-state index contributed by atoms with van der Waals surface area (Å²) in [5.74, 6) is -1.38. The highest BCUT2D eigenvalue weighted by Gasteiger charge is 2.08. The molecule has 7 nitrogen and oxygen atoms in total. The van der Waals surface area contributed by atoms with Crippen molar-refractivity contribution in [2.24, 2.45) is 0 Å². The number of aromatic nitrogens is 1. The van der Waals surface area contributed by atoms with Gasteiger partial charge in [0.05, 0.1) is 10.2 Å². The number of nitrogens with zero attached hydrogens (tertiary/aromatic N) is 1. The van der Waals surface area contributed by atoms with Gasteiger partial charge in [-0.2, -0.15) is 0 Å². The third-order valence-corrected chi connectivity index (χ3v) is 3.61. The second-order valence-corrected chi connectivity index (χ2v) is 5.43. The van der Waals surface area contributed by atoms with Crippen LogP contribution >= 0.6 is 11.3 Å². The zero-order valence-corrected chi connectivity index (χ0v) is 13.2. The maximum Gasteiger partial charge on any atom is 0.331 e. The molecule has 120 valence electrons. The molecular weight excluding hydrogens is 318 g/mol. The average molecular weight is 333 g/mol. The van der Waals surface area contributed by atoms with Crippen LogP contribution in [0.15, 0.2) is 30.3 Å². The number of nitrogens with one attached hydrogen (secondary N) is 2. The van der Waals surface area contributed by atoms with Gasteiger partial charge in [0.1, 0.15) is 5.01 Å². The lowest BCUT2D eigenvalue weighted by molar-refractivity contribution is -0.143. The number of carbonyl (C=O) groups is 3. The van der Waals surface area contributed by atoms with Gasteiger partial charge < -0.3 is 10.1 Å². The van der Waals surface area contributed by atoms with Gasteiger partial charge in [0, 0.05) is 12.6 Å². The molecule has 0 fully saturated rings. The summed E-state index contributed by atoms with van der Waals surface area (Å²) in [4.78, 5) is 38.3. The molecule has 2 aromatic rings. The fourth-order valence-corrected chi connectivity index (χ4v) is 2.52. The molecule has 0 bridgehead atoms. The van der Waals surface area contributed by atoms with Gasteiger partial charge in [-0.3, -0.25) is 10.1 Å². The topological polar surface area (TPSA) is 97.4 Å². The fourth-order valence-electron chi connectivity index (χ4n) is 1.65. The smallest absolute Gasteiger partial charge is 0.331 e. The molecule has 0 aliphatic heterocycles. The van der Waals surface area contributed by atoms with E-state index >= 15 is 0 Å². The van der Waals surface area contributed by atoms with Crippen LogP contribution in [0.4, 0.5) is 4.79 Å². The molecule has 2 rings (SSSR count). The minimum absolute atomic E-state index is 0.393. The molecule has 0 saturated carbocycles. The van der Waals surface area contributed by atoms with Crippen LogP contribution in [0.2, 0.25) is 0 Å². The van der Waals surface area contributed by atoms with Crippen molar-refractivity contribution >= 4 is 45.5 Å². The minimum atomic E-state index is -0.697. The van der Waals surface area contributed by atoms with Crippen LogP contribution in [-0.4, -0.2) is 36.0 Å². The van der Waals surface area contributed by atoms with Gasteiger partial charge in [-0.05, 0) is 25.1 Å². The summed E-state index contributed by atoms with van der Waals surface area (Å²) < 4.78 is 5.75. The second kappa shape index (κ2) is 8.04. The molecule has 0 aliphatic rings. The van der Waals surface area contributed by atoms with E-state index in [9.17, 15) is 14.4 Å². The molecule has 0 aliphatic carbocycles. The SMILES string of the molecule is CCNC(=O)NC(=O)COC(=O)/C=C/c1nc2ccccc2s1. The van der Waals surface area contributed by atoms with Crippen LogP contribution in [0.5, 0.6) is 0 Å². The number of urea groups is 1. The van der Waals surface area contributed by atoms with Crippen molar-refractivity contribution in [3.05, 3.63) is 35.3 Å². The lowest BCUT2D eigenvalue weighted by Gasteiger charge is -2.04. The number of rotatable bonds is 5. The van der Waals surface area contributed by atoms with E-state index in [2.05, 4.69) is 10.3 Å². The van der Waals surface area contributed by atoms with Gasteiger partial charge in [0.15, 0.2) is 6.61 Å². The Morgan fingerprint density at radius 2 is 2.09 bits per heavy atom. The Morgan fingerprint density at radius 3 is 2.83 bits per heavy atom. The summed E-state index contributed by atoms with van der Waals surface area (Å²) in [5.41, 5.74) is 0.854. The Morgan fingerprint density at radius 1 is 1.30 bits per heavy atom. The number of benzene rings is 1. The van der Waals surface area contributed by atoms with Crippen molar-refractivity contribution in [1.82, 2.24) is 15.6 Å². The van der Waals surface area contributed by atoms with Gasteiger partial charge in [0.25, 0.3) is 5.91 Å². The first-order valence-electron chi connectivity index (χ1n) is 6.86. The van der Waals surface area contributed by atoms with Crippen LogP contribution in [0.1, 0.15) is 11.9 Å². The number of hydrogen-bond donors (Lipinski definition) is 2. The molecule has 0 saturated heterocycles. The van der Waals surface area contributed by atoms with E-state index in [1.165, 1.54) is 23.5 Å². The van der Waals surface area contributed by atoms with E-state index in [-0.39, 0.29) is 0 Å². The van der Waals surface area contributed by atoms with Gasteiger partial charge in [-0.15, -0.1) is 11.3 Å². The minimum Gasteiger partial charge on any atom is -0.452 e. The molecule has 0 spiro atoms. The number of hydrogen-bond acceptors (Lipinski definition) is 6. The Labute approximate surface area is 136 Å². The fraction of sp³-hybridized carbons (Fsp3) is 0.200. The van der Waals surface area contributed by atoms with Gasteiger partial charge in [-0.25, -0.2) is 14.6 Å². The number of imide groups is 1. The lowest BCUT2D eigenvalue weighted by atomic mass is 10.3. The summed E-state index contributed by atoms with van der Waals surface area (Å²) in [6.07, 6.45) is 2.71. The van der Waals surface area contributed by atoms with Gasteiger partial charge in [-0.1, -0.05) is 12.1 Å². The van der Waals surface area contributed by atoms with E-state index in [4.69, 9.17) is 4.74 Å². The number of fused-ring (bicyclic) bond motifs is 1. The first-order chi connectivity index (χ1) is 11.1. The molecule has 0 radical (unpaired) electrons. The third kappa shape index (κ3) is 5.19. The maximum absolute atomic E-state index is 11.5. The van der Waals surface area contributed by atoms with E-state index in [1.54, 1.807) is 6.92 Å². The summed E-state index contributed by atoms with van der Waals surface area (Å²) in [6.45, 7) is 1.58. The van der Waals surface area contributed by atoms with Crippen molar-refractivity contribution in [1.29, 1.82) is 0 Å². The maximum atomic E-state index is 11.5. The van der Waals surface area contributed by atoms with Crippen LogP contribution in [-0.2, 0) is 14.3 Å². The average Bonchev–Trinajstić information content (AvgIpc) is 2.94. The van der Waals surface area contributed by atoms with Crippen molar-refractivity contribution < 1.29 is 19.1 Å². The quantitative estimate of drug-likeness (QED) is 0.641. The molecule has 8 heteroatoms. The summed E-state index contributed by atoms with van der Waals surface area (Å²) in [5, 5.41) is 5.08. The molecule has 1 aromatic carbocycles. The van der Waals surface area contributed by atoms with Crippen molar-refractivity contribution in [2.75, 3.05) is 13.2 Å². The predicted octanol–water partition coefficient (Wildman–Crippen LogP) is 1.70. The Hall–Kier alpha value is -2.74. The molecular formula is C15H15N3O4S. The number of ether oxygens (including phenoxy) is 1. The highest BCUT2D eigenvalue weighted by Crippen LogP contribution is 2.22. The van der Waals surface area contributed by atoms with E-state index in [0.29, 0.717) is 11.6 Å². The largest absolute Gasteiger partial charge is 0.452 e. The van der Waals surface area contributed by atoms with E-state index < -0.39 is 24.5 Å². The molecule has 1 aromatic heterocycles.